The maximum atomic E-state index is 11.6. The van der Waals surface area contributed by atoms with Gasteiger partial charge >= 0.3 is 0 Å². The Morgan fingerprint density at radius 1 is 1.11 bits per heavy atom. The Morgan fingerprint density at radius 2 is 1.85 bits per heavy atom. The minimum atomic E-state index is -3.19. The molecule has 0 atom stereocenters. The SMILES string of the molecule is CS(=O)(=O)c1ccc(Nc2cccc3c2OCCN3C2CCNCC2)cc1. The van der Waals surface area contributed by atoms with Crippen LogP contribution in [0.1, 0.15) is 12.8 Å². The second-order valence-electron chi connectivity index (χ2n) is 7.10. The number of nitrogens with zero attached hydrogens (tertiary/aromatic N) is 1. The molecule has 0 aliphatic carbocycles. The molecule has 27 heavy (non-hydrogen) atoms. The van der Waals surface area contributed by atoms with Gasteiger partial charge in [-0.15, -0.1) is 0 Å². The predicted octanol–water partition coefficient (Wildman–Crippen LogP) is 2.78. The van der Waals surface area contributed by atoms with E-state index in [-0.39, 0.29) is 0 Å². The third-order valence-corrected chi connectivity index (χ3v) is 6.32. The van der Waals surface area contributed by atoms with E-state index in [9.17, 15) is 8.42 Å². The van der Waals surface area contributed by atoms with Gasteiger partial charge in [-0.2, -0.15) is 0 Å². The number of piperidine rings is 1. The van der Waals surface area contributed by atoms with Gasteiger partial charge < -0.3 is 20.3 Å². The molecule has 2 heterocycles. The van der Waals surface area contributed by atoms with E-state index < -0.39 is 9.84 Å². The van der Waals surface area contributed by atoms with Gasteiger partial charge in [-0.25, -0.2) is 8.42 Å². The highest BCUT2D eigenvalue weighted by Gasteiger charge is 2.27. The summed E-state index contributed by atoms with van der Waals surface area (Å²) < 4.78 is 29.3. The zero-order valence-electron chi connectivity index (χ0n) is 15.4. The van der Waals surface area contributed by atoms with Crippen molar-refractivity contribution in [2.24, 2.45) is 0 Å². The summed E-state index contributed by atoms with van der Waals surface area (Å²) in [4.78, 5) is 2.79. The molecule has 0 radical (unpaired) electrons. The van der Waals surface area contributed by atoms with E-state index in [0.29, 0.717) is 17.5 Å². The molecule has 2 aliphatic rings. The number of fused-ring (bicyclic) bond motifs is 1. The van der Waals surface area contributed by atoms with E-state index in [1.54, 1.807) is 24.3 Å². The van der Waals surface area contributed by atoms with Crippen LogP contribution in [-0.4, -0.2) is 47.0 Å². The third kappa shape index (κ3) is 3.89. The Kier molecular flexibility index (Phi) is 4.97. The Morgan fingerprint density at radius 3 is 2.56 bits per heavy atom. The highest BCUT2D eigenvalue weighted by atomic mass is 32.2. The van der Waals surface area contributed by atoms with Crippen molar-refractivity contribution in [1.29, 1.82) is 0 Å². The van der Waals surface area contributed by atoms with Crippen molar-refractivity contribution in [3.8, 4) is 5.75 Å². The van der Waals surface area contributed by atoms with Crippen LogP contribution in [0, 0.1) is 0 Å². The number of benzene rings is 2. The molecule has 2 aromatic carbocycles. The van der Waals surface area contributed by atoms with Crippen molar-refractivity contribution >= 4 is 26.9 Å². The van der Waals surface area contributed by atoms with Crippen LogP contribution in [-0.2, 0) is 9.84 Å². The molecule has 6 nitrogen and oxygen atoms in total. The fourth-order valence-electron chi connectivity index (χ4n) is 3.81. The van der Waals surface area contributed by atoms with Gasteiger partial charge in [-0.1, -0.05) is 6.07 Å². The van der Waals surface area contributed by atoms with Gasteiger partial charge in [0.2, 0.25) is 0 Å². The number of hydrogen-bond acceptors (Lipinski definition) is 6. The molecule has 1 fully saturated rings. The molecule has 1 saturated heterocycles. The zero-order chi connectivity index (χ0) is 18.9. The predicted molar refractivity (Wildman–Crippen MR) is 108 cm³/mol. The molecule has 0 amide bonds. The van der Waals surface area contributed by atoms with E-state index >= 15 is 0 Å². The van der Waals surface area contributed by atoms with Crippen LogP contribution in [0.2, 0.25) is 0 Å². The summed E-state index contributed by atoms with van der Waals surface area (Å²) in [6.45, 7) is 3.69. The second-order valence-corrected chi connectivity index (χ2v) is 9.11. The summed E-state index contributed by atoms with van der Waals surface area (Å²) in [6.07, 6.45) is 3.50. The molecule has 0 saturated carbocycles. The first-order valence-corrected chi connectivity index (χ1v) is 11.2. The van der Waals surface area contributed by atoms with Crippen LogP contribution in [0.15, 0.2) is 47.4 Å². The summed E-state index contributed by atoms with van der Waals surface area (Å²) >= 11 is 0. The molecular weight excluding hydrogens is 362 g/mol. The van der Waals surface area contributed by atoms with Gasteiger partial charge in [0.25, 0.3) is 0 Å². The maximum Gasteiger partial charge on any atom is 0.175 e. The molecule has 2 aliphatic heterocycles. The van der Waals surface area contributed by atoms with Gasteiger partial charge in [0.05, 0.1) is 22.8 Å². The molecule has 0 spiro atoms. The molecule has 2 aromatic rings. The number of ether oxygens (including phenoxy) is 1. The van der Waals surface area contributed by atoms with Crippen LogP contribution < -0.4 is 20.3 Å². The van der Waals surface area contributed by atoms with Crippen molar-refractivity contribution in [2.45, 2.75) is 23.8 Å². The van der Waals surface area contributed by atoms with Gasteiger partial charge in [-0.3, -0.25) is 0 Å². The topological polar surface area (TPSA) is 70.7 Å². The highest BCUT2D eigenvalue weighted by Crippen LogP contribution is 2.41. The lowest BCUT2D eigenvalue weighted by molar-refractivity contribution is 0.292. The molecule has 144 valence electrons. The molecule has 0 aromatic heterocycles. The number of rotatable bonds is 4. The Labute approximate surface area is 160 Å². The summed E-state index contributed by atoms with van der Waals surface area (Å²) in [6, 6.07) is 13.5. The lowest BCUT2D eigenvalue weighted by atomic mass is 10.0. The number of anilines is 3. The molecule has 0 unspecified atom stereocenters. The van der Waals surface area contributed by atoms with Crippen LogP contribution in [0.25, 0.3) is 0 Å². The number of nitrogens with one attached hydrogen (secondary N) is 2. The standard InChI is InChI=1S/C20H25N3O3S/c1-27(24,25)17-7-5-15(6-8-17)22-18-3-2-4-19-20(18)26-14-13-23(19)16-9-11-21-12-10-16/h2-8,16,21-22H,9-14H2,1H3. The van der Waals surface area contributed by atoms with Crippen molar-refractivity contribution in [1.82, 2.24) is 5.32 Å². The fraction of sp³-hybridized carbons (Fsp3) is 0.400. The summed E-state index contributed by atoms with van der Waals surface area (Å²) in [5.74, 6) is 0.870. The molecule has 7 heteroatoms. The lowest BCUT2D eigenvalue weighted by Crippen LogP contribution is -2.46. The normalized spacial score (nSPS) is 17.9. The van der Waals surface area contributed by atoms with Crippen molar-refractivity contribution in [2.75, 3.05) is 42.7 Å². The van der Waals surface area contributed by atoms with E-state index in [1.807, 2.05) is 12.1 Å². The van der Waals surface area contributed by atoms with Crippen LogP contribution in [0.5, 0.6) is 5.75 Å². The largest absolute Gasteiger partial charge is 0.487 e. The number of hydrogen-bond donors (Lipinski definition) is 2. The first kappa shape index (κ1) is 18.1. The van der Waals surface area contributed by atoms with Crippen LogP contribution in [0.4, 0.5) is 17.1 Å². The zero-order valence-corrected chi connectivity index (χ0v) is 16.3. The lowest BCUT2D eigenvalue weighted by Gasteiger charge is -2.40. The van der Waals surface area contributed by atoms with E-state index in [0.717, 1.165) is 55.3 Å². The Hall–Kier alpha value is -2.25. The van der Waals surface area contributed by atoms with E-state index in [4.69, 9.17) is 4.74 Å². The minimum absolute atomic E-state index is 0.316. The first-order valence-electron chi connectivity index (χ1n) is 9.33. The monoisotopic (exact) mass is 387 g/mol. The first-order chi connectivity index (χ1) is 13.0. The Balaban J connectivity index is 1.59. The van der Waals surface area contributed by atoms with Crippen molar-refractivity contribution < 1.29 is 13.2 Å². The van der Waals surface area contributed by atoms with Gasteiger partial charge in [0.1, 0.15) is 6.61 Å². The number of sulfone groups is 1. The second kappa shape index (κ2) is 7.40. The molecule has 4 rings (SSSR count). The van der Waals surface area contributed by atoms with Crippen molar-refractivity contribution in [3.63, 3.8) is 0 Å². The smallest absolute Gasteiger partial charge is 0.175 e. The summed E-state index contributed by atoms with van der Waals surface area (Å²) in [5, 5.41) is 6.80. The van der Waals surface area contributed by atoms with Gasteiger partial charge in [0, 0.05) is 18.0 Å². The average molecular weight is 388 g/mol. The summed E-state index contributed by atoms with van der Waals surface area (Å²) in [7, 11) is -3.19. The van der Waals surface area contributed by atoms with Crippen molar-refractivity contribution in [3.05, 3.63) is 42.5 Å². The van der Waals surface area contributed by atoms with E-state index in [2.05, 4.69) is 21.6 Å². The third-order valence-electron chi connectivity index (χ3n) is 5.19. The average Bonchev–Trinajstić information content (AvgIpc) is 2.68. The highest BCUT2D eigenvalue weighted by molar-refractivity contribution is 7.90. The van der Waals surface area contributed by atoms with Gasteiger partial charge in [0.15, 0.2) is 15.6 Å². The Bertz CT molecular complexity index is 907. The van der Waals surface area contributed by atoms with E-state index in [1.165, 1.54) is 6.26 Å². The number of para-hydroxylation sites is 1. The van der Waals surface area contributed by atoms with Crippen LogP contribution >= 0.6 is 0 Å². The molecule has 2 N–H and O–H groups in total. The summed E-state index contributed by atoms with van der Waals surface area (Å²) in [5.41, 5.74) is 2.86. The molecule has 0 bridgehead atoms. The molecular formula is C20H25N3O3S. The fourth-order valence-corrected chi connectivity index (χ4v) is 4.44. The van der Waals surface area contributed by atoms with Crippen LogP contribution in [0.3, 0.4) is 0 Å². The minimum Gasteiger partial charge on any atom is -0.487 e. The van der Waals surface area contributed by atoms with Gasteiger partial charge in [-0.05, 0) is 62.3 Å². The maximum absolute atomic E-state index is 11.6. The quantitative estimate of drug-likeness (QED) is 0.841.